The molecule has 0 N–H and O–H groups in total. The number of thioether (sulfide) groups is 1. The molecule has 0 saturated heterocycles. The zero-order chi connectivity index (χ0) is 24.7. The number of rotatable bonds is 7. The van der Waals surface area contributed by atoms with Crippen molar-refractivity contribution in [3.05, 3.63) is 70.1 Å². The molecule has 0 spiro atoms. The molecule has 0 bridgehead atoms. The molecule has 0 aliphatic rings. The van der Waals surface area contributed by atoms with Gasteiger partial charge in [0.1, 0.15) is 5.82 Å². The minimum Gasteiger partial charge on any atom is -0.338 e. The number of fused-ring (bicyclic) bond motifs is 3. The third-order valence-electron chi connectivity index (χ3n) is 5.91. The van der Waals surface area contributed by atoms with Crippen molar-refractivity contribution in [1.82, 2.24) is 29.3 Å². The molecule has 3 heterocycles. The van der Waals surface area contributed by atoms with Gasteiger partial charge in [0.25, 0.3) is 5.56 Å². The summed E-state index contributed by atoms with van der Waals surface area (Å²) in [4.78, 5) is 17.7. The zero-order valence-electron chi connectivity index (χ0n) is 19.9. The van der Waals surface area contributed by atoms with Gasteiger partial charge in [-0.15, -0.1) is 10.2 Å². The lowest BCUT2D eigenvalue weighted by Crippen LogP contribution is -2.24. The topological polar surface area (TPSA) is 91.1 Å². The minimum absolute atomic E-state index is 0.0716. The first-order chi connectivity index (χ1) is 16.8. The first kappa shape index (κ1) is 23.2. The van der Waals surface area contributed by atoms with Gasteiger partial charge in [-0.3, -0.25) is 13.8 Å². The van der Waals surface area contributed by atoms with Crippen molar-refractivity contribution in [3.63, 3.8) is 0 Å². The Kier molecular flexibility index (Phi) is 6.14. The van der Waals surface area contributed by atoms with Crippen LogP contribution in [0.25, 0.3) is 28.1 Å². The maximum atomic E-state index is 14.0. The molecule has 2 aromatic carbocycles. The maximum absolute atomic E-state index is 14.0. The molecule has 1 unspecified atom stereocenters. The van der Waals surface area contributed by atoms with E-state index in [4.69, 9.17) is 4.52 Å². The van der Waals surface area contributed by atoms with E-state index in [9.17, 15) is 9.18 Å². The van der Waals surface area contributed by atoms with Crippen LogP contribution in [0.3, 0.4) is 0 Å². The highest BCUT2D eigenvalue weighted by atomic mass is 32.2. The lowest BCUT2D eigenvalue weighted by molar-refractivity contribution is 0.380. The Labute approximate surface area is 205 Å². The van der Waals surface area contributed by atoms with Crippen molar-refractivity contribution in [2.45, 2.75) is 51.1 Å². The van der Waals surface area contributed by atoms with E-state index in [0.29, 0.717) is 51.6 Å². The van der Waals surface area contributed by atoms with E-state index in [2.05, 4.69) is 34.2 Å². The summed E-state index contributed by atoms with van der Waals surface area (Å²) < 4.78 is 23.1. The molecule has 3 aromatic heterocycles. The molecule has 5 rings (SSSR count). The van der Waals surface area contributed by atoms with Crippen molar-refractivity contribution < 1.29 is 8.91 Å². The summed E-state index contributed by atoms with van der Waals surface area (Å²) in [6, 6.07) is 12.3. The number of hydrogen-bond donors (Lipinski definition) is 0. The fraction of sp³-hybridized carbons (Fsp3) is 0.320. The Morgan fingerprint density at radius 3 is 2.69 bits per heavy atom. The lowest BCUT2D eigenvalue weighted by Gasteiger charge is -2.12. The predicted molar refractivity (Wildman–Crippen MR) is 133 cm³/mol. The summed E-state index contributed by atoms with van der Waals surface area (Å²) in [5, 5.41) is 13.8. The molecule has 0 aliphatic heterocycles. The van der Waals surface area contributed by atoms with Gasteiger partial charge >= 0.3 is 0 Å². The smallest absolute Gasteiger partial charge is 0.262 e. The van der Waals surface area contributed by atoms with E-state index < -0.39 is 0 Å². The van der Waals surface area contributed by atoms with Gasteiger partial charge in [0.05, 0.1) is 16.2 Å². The molecule has 5 aromatic rings. The Hall–Kier alpha value is -3.53. The first-order valence-electron chi connectivity index (χ1n) is 11.5. The average molecular weight is 493 g/mol. The summed E-state index contributed by atoms with van der Waals surface area (Å²) in [7, 11) is 0. The second kappa shape index (κ2) is 9.26. The molecule has 0 aliphatic carbocycles. The SMILES string of the molecule is Cc1ccc(-c2noc(C(C)Sc3nnc4n(CCC(C)C)c(=O)c5ccccc5n34)n2)cc1F. The van der Waals surface area contributed by atoms with Crippen LogP contribution in [-0.2, 0) is 6.54 Å². The van der Waals surface area contributed by atoms with Gasteiger partial charge in [-0.05, 0) is 49.9 Å². The number of hydrogen-bond acceptors (Lipinski definition) is 7. The Morgan fingerprint density at radius 2 is 1.91 bits per heavy atom. The van der Waals surface area contributed by atoms with Crippen LogP contribution in [-0.4, -0.2) is 29.3 Å². The number of nitrogens with zero attached hydrogens (tertiary/aromatic N) is 6. The van der Waals surface area contributed by atoms with Gasteiger partial charge in [0, 0.05) is 12.1 Å². The number of aromatic nitrogens is 6. The van der Waals surface area contributed by atoms with E-state index >= 15 is 0 Å². The van der Waals surface area contributed by atoms with Crippen molar-refractivity contribution >= 4 is 28.4 Å². The second-order valence-electron chi connectivity index (χ2n) is 8.95. The van der Waals surface area contributed by atoms with Crippen molar-refractivity contribution in [1.29, 1.82) is 0 Å². The molecular weight excluding hydrogens is 467 g/mol. The van der Waals surface area contributed by atoms with Crippen LogP contribution in [0, 0.1) is 18.7 Å². The van der Waals surface area contributed by atoms with E-state index in [1.807, 2.05) is 35.6 Å². The molecular formula is C25H25FN6O2S. The molecule has 8 nitrogen and oxygen atoms in total. The zero-order valence-corrected chi connectivity index (χ0v) is 20.7. The third kappa shape index (κ3) is 4.34. The monoisotopic (exact) mass is 492 g/mol. The van der Waals surface area contributed by atoms with Crippen molar-refractivity contribution in [2.75, 3.05) is 0 Å². The van der Waals surface area contributed by atoms with E-state index in [0.717, 1.165) is 11.9 Å². The fourth-order valence-corrected chi connectivity index (χ4v) is 4.74. The minimum atomic E-state index is -0.318. The van der Waals surface area contributed by atoms with Crippen LogP contribution >= 0.6 is 11.8 Å². The Bertz CT molecular complexity index is 1590. The van der Waals surface area contributed by atoms with Gasteiger partial charge in [-0.2, -0.15) is 4.98 Å². The first-order valence-corrected chi connectivity index (χ1v) is 12.3. The standard InChI is InChI=1S/C25H25FN6O2S/c1-14(2)11-12-31-23(33)18-7-5-6-8-20(18)32-24(31)28-29-25(32)35-16(4)22-27-21(30-34-22)17-10-9-15(3)19(26)13-17/h5-10,13-14,16H,11-12H2,1-4H3. The Balaban J connectivity index is 1.52. The molecule has 1 atom stereocenters. The molecule has 0 fully saturated rings. The quantitative estimate of drug-likeness (QED) is 0.279. The van der Waals surface area contributed by atoms with Crippen LogP contribution < -0.4 is 5.56 Å². The normalized spacial score (nSPS) is 12.7. The van der Waals surface area contributed by atoms with Gasteiger partial charge in [0.15, 0.2) is 5.16 Å². The van der Waals surface area contributed by atoms with Crippen molar-refractivity contribution in [2.24, 2.45) is 5.92 Å². The van der Waals surface area contributed by atoms with Crippen LogP contribution in [0.4, 0.5) is 4.39 Å². The predicted octanol–water partition coefficient (Wildman–Crippen LogP) is 5.44. The van der Waals surface area contributed by atoms with Crippen LogP contribution in [0.2, 0.25) is 0 Å². The van der Waals surface area contributed by atoms with Gasteiger partial charge in [-0.25, -0.2) is 4.39 Å². The van der Waals surface area contributed by atoms with Gasteiger partial charge in [0.2, 0.25) is 17.5 Å². The molecule has 35 heavy (non-hydrogen) atoms. The van der Waals surface area contributed by atoms with Gasteiger partial charge in [-0.1, -0.05) is 55.0 Å². The highest BCUT2D eigenvalue weighted by molar-refractivity contribution is 7.99. The van der Waals surface area contributed by atoms with Crippen LogP contribution in [0.1, 0.15) is 43.9 Å². The summed E-state index contributed by atoms with van der Waals surface area (Å²) in [5.74, 6) is 1.34. The number of para-hydroxylation sites is 1. The molecule has 10 heteroatoms. The van der Waals surface area contributed by atoms with E-state index in [-0.39, 0.29) is 16.6 Å². The number of halogens is 1. The van der Waals surface area contributed by atoms with Crippen molar-refractivity contribution in [3.8, 4) is 11.4 Å². The summed E-state index contributed by atoms with van der Waals surface area (Å²) in [6.07, 6.45) is 0.851. The van der Waals surface area contributed by atoms with Gasteiger partial charge < -0.3 is 4.52 Å². The highest BCUT2D eigenvalue weighted by Crippen LogP contribution is 2.35. The molecule has 0 saturated carbocycles. The summed E-state index contributed by atoms with van der Waals surface area (Å²) in [6.45, 7) is 8.44. The number of aryl methyl sites for hydroxylation is 2. The Morgan fingerprint density at radius 1 is 1.11 bits per heavy atom. The third-order valence-corrected chi connectivity index (χ3v) is 6.94. The largest absolute Gasteiger partial charge is 0.338 e. The number of benzene rings is 2. The maximum Gasteiger partial charge on any atom is 0.262 e. The molecule has 0 amide bonds. The average Bonchev–Trinajstić information content (AvgIpc) is 3.49. The highest BCUT2D eigenvalue weighted by Gasteiger charge is 2.22. The van der Waals surface area contributed by atoms with E-state index in [1.54, 1.807) is 23.6 Å². The summed E-state index contributed by atoms with van der Waals surface area (Å²) >= 11 is 1.40. The van der Waals surface area contributed by atoms with Crippen LogP contribution in [0.15, 0.2) is 56.9 Å². The van der Waals surface area contributed by atoms with Crippen LogP contribution in [0.5, 0.6) is 0 Å². The second-order valence-corrected chi connectivity index (χ2v) is 10.3. The summed E-state index contributed by atoms with van der Waals surface area (Å²) in [5.41, 5.74) is 1.78. The fourth-order valence-electron chi connectivity index (χ4n) is 3.86. The lowest BCUT2D eigenvalue weighted by atomic mass is 10.1. The molecule has 180 valence electrons. The van der Waals surface area contributed by atoms with E-state index in [1.165, 1.54) is 17.8 Å². The molecule has 0 radical (unpaired) electrons.